The number of thiophene rings is 1. The molecule has 0 bridgehead atoms. The fraction of sp³-hybridized carbons (Fsp3) is 0.125. The number of hydrogen-bond acceptors (Lipinski definition) is 4. The molecule has 0 amide bonds. The topological polar surface area (TPSA) is 43.6 Å². The van der Waals surface area contributed by atoms with Gasteiger partial charge >= 0.3 is 99.8 Å². The second kappa shape index (κ2) is 14.0. The van der Waals surface area contributed by atoms with Gasteiger partial charge in [0.25, 0.3) is 0 Å². The van der Waals surface area contributed by atoms with E-state index in [1.165, 1.54) is 27.9 Å². The van der Waals surface area contributed by atoms with Crippen LogP contribution in [0.2, 0.25) is 17.3 Å². The molecule has 49 heavy (non-hydrogen) atoms. The summed E-state index contributed by atoms with van der Waals surface area (Å²) in [6.45, 7) is 4.13. The summed E-state index contributed by atoms with van der Waals surface area (Å²) < 4.78 is 32.9. The second-order valence-corrected chi connectivity index (χ2v) is 24.4. The van der Waals surface area contributed by atoms with E-state index in [9.17, 15) is 8.78 Å². The van der Waals surface area contributed by atoms with E-state index in [4.69, 9.17) is 4.98 Å². The maximum Gasteiger partial charge on any atom is 0 e. The van der Waals surface area contributed by atoms with Gasteiger partial charge in [-0.15, -0.1) is 12.1 Å². The van der Waals surface area contributed by atoms with Gasteiger partial charge in [0.1, 0.15) is 4.83 Å². The number of halogens is 2. The van der Waals surface area contributed by atoms with Crippen LogP contribution in [0.3, 0.4) is 0 Å². The van der Waals surface area contributed by atoms with Gasteiger partial charge in [0.2, 0.25) is 5.95 Å². The minimum atomic E-state index is -1.72. The number of rotatable bonds is 4. The molecule has 0 atom stereocenters. The summed E-state index contributed by atoms with van der Waals surface area (Å²) in [5.74, 6) is 6.82. The average Bonchev–Trinajstić information content (AvgIpc) is 3.64. The van der Waals surface area contributed by atoms with Crippen LogP contribution in [0.5, 0.6) is 0 Å². The smallest absolute Gasteiger partial charge is 0 e. The fourth-order valence-electron chi connectivity index (χ4n) is 5.94. The van der Waals surface area contributed by atoms with Crippen molar-refractivity contribution in [3.05, 3.63) is 138 Å². The molecule has 9 heteroatoms. The third-order valence-corrected chi connectivity index (χ3v) is 13.8. The van der Waals surface area contributed by atoms with Crippen LogP contribution in [0.4, 0.5) is 8.78 Å². The molecule has 0 aliphatic heterocycles. The van der Waals surface area contributed by atoms with Crippen LogP contribution >= 0.6 is 11.3 Å². The molecule has 0 N–H and O–H groups in total. The number of pyridine rings is 2. The largest absolute Gasteiger partial charge is 0 e. The maximum atomic E-state index is 14.9. The van der Waals surface area contributed by atoms with E-state index < -0.39 is 25.0 Å². The first-order chi connectivity index (χ1) is 23.1. The fourth-order valence-corrected chi connectivity index (χ4v) is 9.28. The van der Waals surface area contributed by atoms with Crippen molar-refractivity contribution in [1.29, 1.82) is 0 Å². The number of benzene rings is 4. The molecule has 0 saturated carbocycles. The van der Waals surface area contributed by atoms with E-state index in [2.05, 4.69) is 82.0 Å². The van der Waals surface area contributed by atoms with Gasteiger partial charge in [0.15, 0.2) is 0 Å². The Morgan fingerprint density at radius 2 is 1.55 bits per heavy atom. The third kappa shape index (κ3) is 6.75. The molecule has 0 unspecified atom stereocenters. The van der Waals surface area contributed by atoms with Crippen molar-refractivity contribution < 1.29 is 28.9 Å². The molecule has 4 nitrogen and oxygen atoms in total. The number of aryl methyl sites for hydroxylation is 2. The van der Waals surface area contributed by atoms with Crippen LogP contribution in [0.25, 0.3) is 59.7 Å². The van der Waals surface area contributed by atoms with Crippen molar-refractivity contribution in [3.63, 3.8) is 0 Å². The molecule has 4 aromatic carbocycles. The molecule has 4 heterocycles. The van der Waals surface area contributed by atoms with Crippen LogP contribution in [-0.4, -0.2) is 32.8 Å². The predicted molar refractivity (Wildman–Crippen MR) is 197 cm³/mol. The number of aromatic nitrogens is 4. The average molecular weight is 904 g/mol. The summed E-state index contributed by atoms with van der Waals surface area (Å²) in [6, 6.07) is 36.9. The monoisotopic (exact) mass is 905 g/mol. The number of hydrogen-bond donors (Lipinski definition) is 0. The Labute approximate surface area is 304 Å². The van der Waals surface area contributed by atoms with Crippen LogP contribution < -0.4 is 4.40 Å². The molecular weight excluding hydrogens is 871 g/mol. The van der Waals surface area contributed by atoms with Gasteiger partial charge in [-0.2, -0.15) is 15.7 Å². The first-order valence-corrected chi connectivity index (χ1v) is 23.8. The molecule has 8 rings (SSSR count). The predicted octanol–water partition coefficient (Wildman–Crippen LogP) is 10.2. The standard InChI is InChI=1S/C26H16F2N3S.C14H16GeN.Ir/c1-14-6-5-7-15(2)23(14)31-20-9-4-3-8-19(20)29-25(31)17-10-12-18(27)22-16-11-13-21(28)30-26(16)32-24(17)22;1-15(2,3)13-9-10-14(16-11-13)12-7-5-4-6-8-12;/h3-9,11-13H,1-2H3;4-7,9-11H,1-3H3;/q2*-1;. The van der Waals surface area contributed by atoms with Crippen LogP contribution in [-0.2, 0) is 20.1 Å². The van der Waals surface area contributed by atoms with E-state index in [1.54, 1.807) is 6.07 Å². The van der Waals surface area contributed by atoms with Crippen molar-refractivity contribution in [2.24, 2.45) is 0 Å². The first kappa shape index (κ1) is 34.8. The molecule has 8 aromatic rings. The van der Waals surface area contributed by atoms with Crippen molar-refractivity contribution in [2.75, 3.05) is 0 Å². The molecule has 0 fully saturated rings. The first-order valence-electron chi connectivity index (χ1n) is 15.7. The van der Waals surface area contributed by atoms with Gasteiger partial charge in [-0.1, -0.05) is 35.9 Å². The Morgan fingerprint density at radius 1 is 0.796 bits per heavy atom. The molecule has 0 spiro atoms. The molecule has 0 saturated heterocycles. The Balaban J connectivity index is 0.000000208. The van der Waals surface area contributed by atoms with E-state index in [0.29, 0.717) is 31.7 Å². The molecular formula is C40H32F2GeIrN4S-2. The zero-order valence-electron chi connectivity index (χ0n) is 27.6. The number of para-hydroxylation sites is 3. The van der Waals surface area contributed by atoms with Crippen LogP contribution in [0.15, 0.2) is 103 Å². The minimum Gasteiger partial charge on any atom is 0 e. The van der Waals surface area contributed by atoms with Crippen LogP contribution in [0.1, 0.15) is 11.1 Å². The van der Waals surface area contributed by atoms with Crippen molar-refractivity contribution in [1.82, 2.24) is 19.5 Å². The second-order valence-electron chi connectivity index (χ2n) is 12.8. The van der Waals surface area contributed by atoms with E-state index in [-0.39, 0.29) is 20.1 Å². The summed E-state index contributed by atoms with van der Waals surface area (Å²) in [6.07, 6.45) is 2.04. The Morgan fingerprint density at radius 3 is 2.24 bits per heavy atom. The normalized spacial score (nSPS) is 11.4. The molecule has 1 radical (unpaired) electrons. The van der Waals surface area contributed by atoms with Crippen molar-refractivity contribution in [2.45, 2.75) is 31.1 Å². The maximum absolute atomic E-state index is 14.9. The molecule has 4 aromatic heterocycles. The van der Waals surface area contributed by atoms with E-state index in [1.807, 2.05) is 60.8 Å². The molecule has 0 aliphatic rings. The minimum absolute atomic E-state index is 0. The van der Waals surface area contributed by atoms with Gasteiger partial charge in [0.05, 0.1) is 16.9 Å². The van der Waals surface area contributed by atoms with Gasteiger partial charge in [0, 0.05) is 37.0 Å². The summed E-state index contributed by atoms with van der Waals surface area (Å²) in [4.78, 5) is 13.9. The Bertz CT molecular complexity index is 2410. The van der Waals surface area contributed by atoms with Crippen molar-refractivity contribution >= 4 is 60.3 Å². The zero-order valence-corrected chi connectivity index (χ0v) is 32.9. The van der Waals surface area contributed by atoms with Gasteiger partial charge < -0.3 is 4.57 Å². The van der Waals surface area contributed by atoms with Gasteiger partial charge in [-0.25, -0.2) is 4.98 Å². The Hall–Kier alpha value is -4.08. The Kier molecular flexibility index (Phi) is 9.96. The summed E-state index contributed by atoms with van der Waals surface area (Å²) in [5.41, 5.74) is 7.78. The zero-order chi connectivity index (χ0) is 33.6. The molecule has 247 valence electrons. The van der Waals surface area contributed by atoms with Crippen LogP contribution in [0, 0.1) is 37.7 Å². The SMILES string of the molecule is Cc1cccc(C)c1-n1c(-c2[c-]cc(F)c3c2sc2nc(F)ccc23)nc2ccccc21.[CH3][Ge]([CH3])([CH3])[c]1ccc(-c2[c-]cccc2)nc1.[Ir]. The number of fused-ring (bicyclic) bond motifs is 4. The summed E-state index contributed by atoms with van der Waals surface area (Å²) in [7, 11) is 0. The molecule has 0 aliphatic carbocycles. The van der Waals surface area contributed by atoms with Gasteiger partial charge in [-0.05, 0) is 59.3 Å². The number of imidazole rings is 1. The van der Waals surface area contributed by atoms with E-state index in [0.717, 1.165) is 39.1 Å². The third-order valence-electron chi connectivity index (χ3n) is 8.39. The van der Waals surface area contributed by atoms with Crippen molar-refractivity contribution in [3.8, 4) is 28.3 Å². The quantitative estimate of drug-likeness (QED) is 0.100. The number of nitrogens with zero attached hydrogens (tertiary/aromatic N) is 4. The van der Waals surface area contributed by atoms with Gasteiger partial charge in [-0.3, -0.25) is 9.37 Å². The van der Waals surface area contributed by atoms with E-state index >= 15 is 0 Å². The summed E-state index contributed by atoms with van der Waals surface area (Å²) >= 11 is -0.458. The summed E-state index contributed by atoms with van der Waals surface area (Å²) in [5, 5.41) is 1.01.